The highest BCUT2D eigenvalue weighted by Crippen LogP contribution is 2.19. The van der Waals surface area contributed by atoms with Gasteiger partial charge < -0.3 is 10.6 Å². The lowest BCUT2D eigenvalue weighted by atomic mass is 10.0. The molecule has 5 heteroatoms. The molecule has 1 aromatic carbocycles. The van der Waals surface area contributed by atoms with Crippen LogP contribution in [0.3, 0.4) is 0 Å². The molecule has 23 heavy (non-hydrogen) atoms. The van der Waals surface area contributed by atoms with Crippen LogP contribution in [-0.4, -0.2) is 21.9 Å². The Labute approximate surface area is 137 Å². The van der Waals surface area contributed by atoms with Crippen LogP contribution in [-0.2, 0) is 0 Å². The highest BCUT2D eigenvalue weighted by molar-refractivity contribution is 5.92. The number of nitrogens with one attached hydrogen (secondary N) is 2. The van der Waals surface area contributed by atoms with Crippen molar-refractivity contribution < 1.29 is 4.79 Å². The van der Waals surface area contributed by atoms with Gasteiger partial charge in [-0.05, 0) is 50.5 Å². The van der Waals surface area contributed by atoms with Gasteiger partial charge in [0.2, 0.25) is 5.95 Å². The standard InChI is InChI=1S/C18H24N4O/c1-11(2)14-6-8-15(9-7-14)21-18-20-13(5)10-16(22-18)17(23)19-12(3)4/h6-12H,1-5H3,(H,19,23)(H,20,21,22). The molecule has 2 N–H and O–H groups in total. The summed E-state index contributed by atoms with van der Waals surface area (Å²) in [5.74, 6) is 0.727. The number of nitrogens with zero attached hydrogens (tertiary/aromatic N) is 2. The fourth-order valence-corrected chi connectivity index (χ4v) is 2.16. The molecule has 0 saturated heterocycles. The smallest absolute Gasteiger partial charge is 0.270 e. The van der Waals surface area contributed by atoms with Gasteiger partial charge in [0.1, 0.15) is 5.69 Å². The number of anilines is 2. The van der Waals surface area contributed by atoms with E-state index in [0.717, 1.165) is 11.4 Å². The molecular formula is C18H24N4O. The molecule has 122 valence electrons. The molecule has 0 aliphatic rings. The van der Waals surface area contributed by atoms with Gasteiger partial charge in [0.05, 0.1) is 0 Å². The zero-order valence-electron chi connectivity index (χ0n) is 14.3. The minimum absolute atomic E-state index is 0.0674. The number of carbonyl (C=O) groups is 1. The van der Waals surface area contributed by atoms with Gasteiger partial charge in [0, 0.05) is 17.4 Å². The molecule has 0 radical (unpaired) electrons. The van der Waals surface area contributed by atoms with Crippen molar-refractivity contribution in [3.05, 3.63) is 47.3 Å². The first-order chi connectivity index (χ1) is 10.8. The number of hydrogen-bond acceptors (Lipinski definition) is 4. The molecule has 0 unspecified atom stereocenters. The number of amides is 1. The second kappa shape index (κ2) is 7.22. The van der Waals surface area contributed by atoms with Crippen LogP contribution in [0.1, 0.15) is 55.4 Å². The van der Waals surface area contributed by atoms with Gasteiger partial charge in [0.25, 0.3) is 5.91 Å². The maximum absolute atomic E-state index is 12.1. The van der Waals surface area contributed by atoms with E-state index < -0.39 is 0 Å². The van der Waals surface area contributed by atoms with Crippen molar-refractivity contribution in [2.45, 2.75) is 46.6 Å². The summed E-state index contributed by atoms with van der Waals surface area (Å²) in [5.41, 5.74) is 3.29. The Balaban J connectivity index is 2.19. The third-order valence-corrected chi connectivity index (χ3v) is 3.34. The van der Waals surface area contributed by atoms with E-state index in [1.807, 2.05) is 32.9 Å². The minimum atomic E-state index is -0.191. The van der Waals surface area contributed by atoms with Crippen molar-refractivity contribution in [3.63, 3.8) is 0 Å². The molecule has 0 spiro atoms. The van der Waals surface area contributed by atoms with Crippen molar-refractivity contribution >= 4 is 17.5 Å². The number of rotatable bonds is 5. The molecule has 2 rings (SSSR count). The molecular weight excluding hydrogens is 288 g/mol. The van der Waals surface area contributed by atoms with Crippen LogP contribution in [0.5, 0.6) is 0 Å². The van der Waals surface area contributed by atoms with Gasteiger partial charge in [-0.1, -0.05) is 26.0 Å². The Morgan fingerprint density at radius 2 is 1.70 bits per heavy atom. The Hall–Kier alpha value is -2.43. The van der Waals surface area contributed by atoms with E-state index in [0.29, 0.717) is 17.6 Å². The van der Waals surface area contributed by atoms with Crippen LogP contribution in [0.15, 0.2) is 30.3 Å². The number of aromatic nitrogens is 2. The van der Waals surface area contributed by atoms with Gasteiger partial charge in [-0.15, -0.1) is 0 Å². The highest BCUT2D eigenvalue weighted by atomic mass is 16.1. The third kappa shape index (κ3) is 4.77. The molecule has 0 aliphatic heterocycles. The second-order valence-corrected chi connectivity index (χ2v) is 6.25. The summed E-state index contributed by atoms with van der Waals surface area (Å²) in [4.78, 5) is 20.8. The third-order valence-electron chi connectivity index (χ3n) is 3.34. The van der Waals surface area contributed by atoms with Crippen molar-refractivity contribution in [3.8, 4) is 0 Å². The number of aryl methyl sites for hydroxylation is 1. The van der Waals surface area contributed by atoms with Gasteiger partial charge in [-0.25, -0.2) is 9.97 Å². The van der Waals surface area contributed by atoms with Crippen molar-refractivity contribution in [2.24, 2.45) is 0 Å². The summed E-state index contributed by atoms with van der Waals surface area (Å²) < 4.78 is 0. The van der Waals surface area contributed by atoms with Crippen LogP contribution in [0.25, 0.3) is 0 Å². The van der Waals surface area contributed by atoms with Gasteiger partial charge in [0.15, 0.2) is 0 Å². The van der Waals surface area contributed by atoms with E-state index >= 15 is 0 Å². The Kier molecular flexibility index (Phi) is 5.32. The minimum Gasteiger partial charge on any atom is -0.349 e. The number of benzene rings is 1. The zero-order chi connectivity index (χ0) is 17.0. The first kappa shape index (κ1) is 16.9. The summed E-state index contributed by atoms with van der Waals surface area (Å²) in [6.45, 7) is 10.0. The molecule has 1 amide bonds. The number of hydrogen-bond donors (Lipinski definition) is 2. The fraction of sp³-hybridized carbons (Fsp3) is 0.389. The predicted molar refractivity (Wildman–Crippen MR) is 93.2 cm³/mol. The summed E-state index contributed by atoms with van der Waals surface area (Å²) in [6, 6.07) is 9.90. The monoisotopic (exact) mass is 312 g/mol. The summed E-state index contributed by atoms with van der Waals surface area (Å²) in [7, 11) is 0. The van der Waals surface area contributed by atoms with Crippen molar-refractivity contribution in [1.29, 1.82) is 0 Å². The van der Waals surface area contributed by atoms with E-state index in [1.165, 1.54) is 5.56 Å². The van der Waals surface area contributed by atoms with Crippen molar-refractivity contribution in [1.82, 2.24) is 15.3 Å². The first-order valence-corrected chi connectivity index (χ1v) is 7.88. The lowest BCUT2D eigenvalue weighted by Crippen LogP contribution is -2.31. The summed E-state index contributed by atoms with van der Waals surface area (Å²) in [5, 5.41) is 6.00. The SMILES string of the molecule is Cc1cc(C(=O)NC(C)C)nc(Nc2ccc(C(C)C)cc2)n1. The van der Waals surface area contributed by atoms with Crippen LogP contribution in [0.4, 0.5) is 11.6 Å². The topological polar surface area (TPSA) is 66.9 Å². The van der Waals surface area contributed by atoms with Crippen LogP contribution in [0, 0.1) is 6.92 Å². The fourth-order valence-electron chi connectivity index (χ4n) is 2.16. The molecule has 0 saturated carbocycles. The quantitative estimate of drug-likeness (QED) is 0.881. The maximum Gasteiger partial charge on any atom is 0.270 e. The molecule has 5 nitrogen and oxygen atoms in total. The molecule has 1 aromatic heterocycles. The molecule has 0 atom stereocenters. The van der Waals surface area contributed by atoms with Crippen LogP contribution in [0.2, 0.25) is 0 Å². The average Bonchev–Trinajstić information content (AvgIpc) is 2.46. The largest absolute Gasteiger partial charge is 0.349 e. The average molecular weight is 312 g/mol. The van der Waals surface area contributed by atoms with E-state index in [2.05, 4.69) is 46.6 Å². The Morgan fingerprint density at radius 1 is 1.04 bits per heavy atom. The van der Waals surface area contributed by atoms with E-state index in [9.17, 15) is 4.79 Å². The molecule has 0 bridgehead atoms. The van der Waals surface area contributed by atoms with Crippen molar-refractivity contribution in [2.75, 3.05) is 5.32 Å². The van der Waals surface area contributed by atoms with Gasteiger partial charge in [-0.3, -0.25) is 4.79 Å². The van der Waals surface area contributed by atoms with E-state index in [-0.39, 0.29) is 11.9 Å². The highest BCUT2D eigenvalue weighted by Gasteiger charge is 2.11. The normalized spacial score (nSPS) is 10.9. The van der Waals surface area contributed by atoms with Crippen LogP contribution < -0.4 is 10.6 Å². The van der Waals surface area contributed by atoms with Gasteiger partial charge >= 0.3 is 0 Å². The maximum atomic E-state index is 12.1. The molecule has 2 aromatic rings. The first-order valence-electron chi connectivity index (χ1n) is 7.88. The lowest BCUT2D eigenvalue weighted by Gasteiger charge is -2.11. The number of carbonyl (C=O) groups excluding carboxylic acids is 1. The summed E-state index contributed by atoms with van der Waals surface area (Å²) >= 11 is 0. The lowest BCUT2D eigenvalue weighted by molar-refractivity contribution is 0.0938. The predicted octanol–water partition coefficient (Wildman–Crippen LogP) is 3.79. The van der Waals surface area contributed by atoms with E-state index in [1.54, 1.807) is 6.07 Å². The molecule has 1 heterocycles. The van der Waals surface area contributed by atoms with E-state index in [4.69, 9.17) is 0 Å². The zero-order valence-corrected chi connectivity index (χ0v) is 14.3. The van der Waals surface area contributed by atoms with Crippen LogP contribution >= 0.6 is 0 Å². The summed E-state index contributed by atoms with van der Waals surface area (Å²) in [6.07, 6.45) is 0. The molecule has 0 aliphatic carbocycles. The Bertz CT molecular complexity index is 678. The second-order valence-electron chi connectivity index (χ2n) is 6.25. The molecule has 0 fully saturated rings. The van der Waals surface area contributed by atoms with Gasteiger partial charge in [-0.2, -0.15) is 0 Å². The Morgan fingerprint density at radius 3 is 2.26 bits per heavy atom.